The highest BCUT2D eigenvalue weighted by Gasteiger charge is 2.24. The molecule has 1 atom stereocenters. The molecule has 2 rings (SSSR count). The van der Waals surface area contributed by atoms with Crippen LogP contribution in [0.1, 0.15) is 43.8 Å². The lowest BCUT2D eigenvalue weighted by molar-refractivity contribution is 0.0842. The molecule has 0 unspecified atom stereocenters. The summed E-state index contributed by atoms with van der Waals surface area (Å²) in [6, 6.07) is 4.51. The molecule has 3 heteroatoms. The number of halogens is 2. The summed E-state index contributed by atoms with van der Waals surface area (Å²) in [4.78, 5) is 0. The molecule has 0 aromatic heterocycles. The van der Waals surface area contributed by atoms with Crippen LogP contribution in [0.15, 0.2) is 22.7 Å². The number of benzene rings is 1. The lowest BCUT2D eigenvalue weighted by atomic mass is 9.83. The molecule has 1 nitrogen and oxygen atoms in total. The van der Waals surface area contributed by atoms with Gasteiger partial charge in [-0.3, -0.25) is 0 Å². The van der Waals surface area contributed by atoms with Gasteiger partial charge in [-0.25, -0.2) is 4.39 Å². The van der Waals surface area contributed by atoms with E-state index in [1.807, 2.05) is 0 Å². The molecule has 0 amide bonds. The third kappa shape index (κ3) is 2.64. The fraction of sp³-hybridized carbons (Fsp3) is 0.538. The quantitative estimate of drug-likeness (QED) is 0.864. The van der Waals surface area contributed by atoms with Crippen LogP contribution in [-0.2, 0) is 0 Å². The Morgan fingerprint density at radius 2 is 1.94 bits per heavy atom. The van der Waals surface area contributed by atoms with Crippen molar-refractivity contribution in [2.45, 2.75) is 38.2 Å². The summed E-state index contributed by atoms with van der Waals surface area (Å²) >= 11 is 3.31. The van der Waals surface area contributed by atoms with Crippen molar-refractivity contribution in [1.29, 1.82) is 0 Å². The first-order valence-corrected chi connectivity index (χ1v) is 6.61. The van der Waals surface area contributed by atoms with Gasteiger partial charge in [0.15, 0.2) is 0 Å². The summed E-state index contributed by atoms with van der Waals surface area (Å²) < 4.78 is 13.6. The van der Waals surface area contributed by atoms with Gasteiger partial charge in [0, 0.05) is 4.47 Å². The number of hydrogen-bond acceptors (Lipinski definition) is 1. The van der Waals surface area contributed by atoms with Gasteiger partial charge in [0.25, 0.3) is 0 Å². The Morgan fingerprint density at radius 1 is 1.25 bits per heavy atom. The average molecular weight is 287 g/mol. The fourth-order valence-corrected chi connectivity index (χ4v) is 3.03. The van der Waals surface area contributed by atoms with Gasteiger partial charge in [-0.2, -0.15) is 0 Å². The molecule has 0 bridgehead atoms. The molecule has 0 heterocycles. The molecule has 0 saturated heterocycles. The summed E-state index contributed by atoms with van der Waals surface area (Å²) in [5.41, 5.74) is 0.813. The molecule has 1 aliphatic rings. The number of aliphatic hydroxyl groups excluding tert-OH is 1. The lowest BCUT2D eigenvalue weighted by Crippen LogP contribution is -2.16. The highest BCUT2D eigenvalue weighted by Crippen LogP contribution is 2.37. The first-order chi connectivity index (χ1) is 7.68. The summed E-state index contributed by atoms with van der Waals surface area (Å²) in [6.07, 6.45) is 5.35. The minimum atomic E-state index is -0.463. The first-order valence-electron chi connectivity index (χ1n) is 5.81. The monoisotopic (exact) mass is 286 g/mol. The van der Waals surface area contributed by atoms with E-state index in [-0.39, 0.29) is 5.82 Å². The van der Waals surface area contributed by atoms with Crippen molar-refractivity contribution in [3.05, 3.63) is 34.1 Å². The first kappa shape index (κ1) is 12.1. The SMILES string of the molecule is O[C@H](c1ccc(F)cc1Br)C1CCCCC1. The number of rotatable bonds is 2. The van der Waals surface area contributed by atoms with Crippen molar-refractivity contribution < 1.29 is 9.50 Å². The van der Waals surface area contributed by atoms with Gasteiger partial charge in [-0.1, -0.05) is 41.3 Å². The average Bonchev–Trinajstić information content (AvgIpc) is 2.29. The van der Waals surface area contributed by atoms with Gasteiger partial charge in [-0.15, -0.1) is 0 Å². The van der Waals surface area contributed by atoms with E-state index >= 15 is 0 Å². The molecule has 1 aliphatic carbocycles. The van der Waals surface area contributed by atoms with Crippen LogP contribution < -0.4 is 0 Å². The Bertz CT molecular complexity index is 361. The topological polar surface area (TPSA) is 20.2 Å². The van der Waals surface area contributed by atoms with Crippen LogP contribution in [0.25, 0.3) is 0 Å². The van der Waals surface area contributed by atoms with Crippen molar-refractivity contribution in [2.75, 3.05) is 0 Å². The molecule has 0 radical (unpaired) electrons. The molecule has 1 aromatic rings. The molecule has 0 aliphatic heterocycles. The zero-order valence-corrected chi connectivity index (χ0v) is 10.7. The Kier molecular flexibility index (Phi) is 3.98. The van der Waals surface area contributed by atoms with Crippen molar-refractivity contribution >= 4 is 15.9 Å². The van der Waals surface area contributed by atoms with Crippen molar-refractivity contribution in [2.24, 2.45) is 5.92 Å². The summed E-state index contributed by atoms with van der Waals surface area (Å²) in [5.74, 6) is 0.0574. The minimum Gasteiger partial charge on any atom is -0.388 e. The highest BCUT2D eigenvalue weighted by atomic mass is 79.9. The Balaban J connectivity index is 2.15. The predicted molar refractivity (Wildman–Crippen MR) is 65.6 cm³/mol. The van der Waals surface area contributed by atoms with Crippen LogP contribution in [0.2, 0.25) is 0 Å². The molecular formula is C13H16BrFO. The molecule has 16 heavy (non-hydrogen) atoms. The van der Waals surface area contributed by atoms with Crippen molar-refractivity contribution in [1.82, 2.24) is 0 Å². The third-order valence-electron chi connectivity index (χ3n) is 3.38. The summed E-state index contributed by atoms with van der Waals surface area (Å²) in [6.45, 7) is 0. The molecule has 0 spiro atoms. The highest BCUT2D eigenvalue weighted by molar-refractivity contribution is 9.10. The Hall–Kier alpha value is -0.410. The maximum Gasteiger partial charge on any atom is 0.124 e. The molecule has 1 saturated carbocycles. The minimum absolute atomic E-state index is 0.272. The second-order valence-electron chi connectivity index (χ2n) is 4.51. The van der Waals surface area contributed by atoms with Gasteiger partial charge in [0.05, 0.1) is 6.10 Å². The predicted octanol–water partition coefficient (Wildman–Crippen LogP) is 4.20. The van der Waals surface area contributed by atoms with Crippen molar-refractivity contribution in [3.8, 4) is 0 Å². The third-order valence-corrected chi connectivity index (χ3v) is 4.06. The van der Waals surface area contributed by atoms with Gasteiger partial charge in [0.1, 0.15) is 5.82 Å². The van der Waals surface area contributed by atoms with Gasteiger partial charge >= 0.3 is 0 Å². The zero-order valence-electron chi connectivity index (χ0n) is 9.13. The van der Waals surface area contributed by atoms with Gasteiger partial charge < -0.3 is 5.11 Å². The molecule has 88 valence electrons. The lowest BCUT2D eigenvalue weighted by Gasteiger charge is -2.27. The molecule has 1 aromatic carbocycles. The summed E-state index contributed by atoms with van der Waals surface area (Å²) in [5, 5.41) is 10.3. The second-order valence-corrected chi connectivity index (χ2v) is 5.36. The van der Waals surface area contributed by atoms with E-state index in [1.54, 1.807) is 6.07 Å². The maximum atomic E-state index is 12.9. The molecule has 1 N–H and O–H groups in total. The maximum absolute atomic E-state index is 12.9. The van der Waals surface area contributed by atoms with Crippen LogP contribution in [0.5, 0.6) is 0 Å². The van der Waals surface area contributed by atoms with E-state index in [4.69, 9.17) is 0 Å². The van der Waals surface area contributed by atoms with Crippen LogP contribution in [-0.4, -0.2) is 5.11 Å². The standard InChI is InChI=1S/C13H16BrFO/c14-12-8-10(15)6-7-11(12)13(16)9-4-2-1-3-5-9/h6-9,13,16H,1-5H2/t13-/m0/s1. The second kappa shape index (κ2) is 5.28. The van der Waals surface area contributed by atoms with E-state index in [0.29, 0.717) is 10.4 Å². The Labute approximate surface area is 104 Å². The molecule has 1 fully saturated rings. The zero-order chi connectivity index (χ0) is 11.5. The molecular weight excluding hydrogens is 271 g/mol. The van der Waals surface area contributed by atoms with Crippen molar-refractivity contribution in [3.63, 3.8) is 0 Å². The Morgan fingerprint density at radius 3 is 2.56 bits per heavy atom. The van der Waals surface area contributed by atoms with Crippen LogP contribution >= 0.6 is 15.9 Å². The smallest absolute Gasteiger partial charge is 0.124 e. The fourth-order valence-electron chi connectivity index (χ4n) is 2.45. The normalized spacial score (nSPS) is 19.7. The van der Waals surface area contributed by atoms with E-state index < -0.39 is 6.10 Å². The summed E-state index contributed by atoms with van der Waals surface area (Å²) in [7, 11) is 0. The van der Waals surface area contributed by atoms with Crippen LogP contribution in [0.4, 0.5) is 4.39 Å². The van der Waals surface area contributed by atoms with Gasteiger partial charge in [0.2, 0.25) is 0 Å². The van der Waals surface area contributed by atoms with Crippen LogP contribution in [0, 0.1) is 11.7 Å². The van der Waals surface area contributed by atoms with Gasteiger partial charge in [-0.05, 0) is 36.5 Å². The van der Waals surface area contributed by atoms with E-state index in [2.05, 4.69) is 15.9 Å². The van der Waals surface area contributed by atoms with E-state index in [0.717, 1.165) is 18.4 Å². The number of hydrogen-bond donors (Lipinski definition) is 1. The van der Waals surface area contributed by atoms with Crippen LogP contribution in [0.3, 0.4) is 0 Å². The van der Waals surface area contributed by atoms with E-state index in [1.165, 1.54) is 31.4 Å². The largest absolute Gasteiger partial charge is 0.388 e. The number of aliphatic hydroxyl groups is 1. The van der Waals surface area contributed by atoms with E-state index in [9.17, 15) is 9.50 Å².